The number of aliphatic hydroxyl groups excluding tert-OH is 1. The van der Waals surface area contributed by atoms with Crippen molar-refractivity contribution in [3.05, 3.63) is 75.9 Å². The standard InChI is InChI=1S/C36H45BrN4O7/c1-19-15-20(2)17-22(4)48-29(43)18-28(24-11-13-25(42)14-12-24)40-35(46)31(41(6)36(47)23(5)38-34(45)21(3)16-19)32(44)30-26-9-7-8-10-27(26)39-33(30)37/h7-15,20-23,28,31-32,39,42,44H,16-18H2,1-6H3,(H,38,45)(H,40,46)/b19-15+/t20-,21-,22-,23-,28+,31+,32?/m0/s1. The van der Waals surface area contributed by atoms with Gasteiger partial charge in [-0.25, -0.2) is 0 Å². The Morgan fingerprint density at radius 2 is 1.60 bits per heavy atom. The summed E-state index contributed by atoms with van der Waals surface area (Å²) in [5, 5.41) is 28.2. The second-order valence-corrected chi connectivity index (χ2v) is 13.7. The minimum absolute atomic E-state index is 0.00267. The van der Waals surface area contributed by atoms with Crippen LogP contribution in [0.15, 0.2) is 64.8 Å². The number of para-hydroxylation sites is 1. The van der Waals surface area contributed by atoms with Crippen molar-refractivity contribution < 1.29 is 34.1 Å². The number of esters is 1. The van der Waals surface area contributed by atoms with Gasteiger partial charge in [-0.3, -0.25) is 19.2 Å². The number of aromatic amines is 1. The number of carbonyl (C=O) groups is 4. The summed E-state index contributed by atoms with van der Waals surface area (Å²) < 4.78 is 6.19. The lowest BCUT2D eigenvalue weighted by Gasteiger charge is -2.34. The van der Waals surface area contributed by atoms with Crippen molar-refractivity contribution >= 4 is 50.5 Å². The van der Waals surface area contributed by atoms with Crippen molar-refractivity contribution in [3.8, 4) is 5.75 Å². The monoisotopic (exact) mass is 724 g/mol. The van der Waals surface area contributed by atoms with Gasteiger partial charge in [0.25, 0.3) is 0 Å². The Morgan fingerprint density at radius 3 is 2.29 bits per heavy atom. The maximum absolute atomic E-state index is 14.3. The zero-order chi connectivity index (χ0) is 35.3. The summed E-state index contributed by atoms with van der Waals surface area (Å²) in [6.45, 7) is 9.07. The first kappa shape index (κ1) is 36.7. The average molecular weight is 726 g/mol. The highest BCUT2D eigenvalue weighted by Crippen LogP contribution is 2.35. The molecule has 7 atom stereocenters. The van der Waals surface area contributed by atoms with Crippen LogP contribution in [0, 0.1) is 11.8 Å². The Hall–Kier alpha value is -4.16. The molecule has 2 heterocycles. The lowest BCUT2D eigenvalue weighted by molar-refractivity contribution is -0.150. The molecule has 0 radical (unpaired) electrons. The minimum Gasteiger partial charge on any atom is -0.508 e. The van der Waals surface area contributed by atoms with E-state index in [2.05, 4.69) is 37.6 Å². The number of aromatic nitrogens is 1. The number of phenolic OH excluding ortho intramolecular Hbond substituents is 1. The maximum atomic E-state index is 14.3. The quantitative estimate of drug-likeness (QED) is 0.184. The lowest BCUT2D eigenvalue weighted by atomic mass is 9.95. The second kappa shape index (κ2) is 15.8. The van der Waals surface area contributed by atoms with E-state index in [1.54, 1.807) is 38.1 Å². The number of fused-ring (bicyclic) bond motifs is 1. The molecule has 0 fully saturated rings. The van der Waals surface area contributed by atoms with Gasteiger partial charge in [-0.2, -0.15) is 0 Å². The normalized spacial score (nSPS) is 27.5. The molecule has 0 bridgehead atoms. The molecular weight excluding hydrogens is 680 g/mol. The molecule has 0 saturated carbocycles. The van der Waals surface area contributed by atoms with Gasteiger partial charge in [-0.15, -0.1) is 0 Å². The number of nitrogens with one attached hydrogen (secondary N) is 3. The van der Waals surface area contributed by atoms with Crippen molar-refractivity contribution in [3.63, 3.8) is 0 Å². The van der Waals surface area contributed by atoms with Gasteiger partial charge < -0.3 is 35.5 Å². The topological polar surface area (TPSA) is 161 Å². The van der Waals surface area contributed by atoms with Gasteiger partial charge in [0.05, 0.1) is 23.2 Å². The highest BCUT2D eigenvalue weighted by atomic mass is 79.9. The van der Waals surface area contributed by atoms with E-state index in [4.69, 9.17) is 4.74 Å². The molecule has 3 amide bonds. The molecule has 0 spiro atoms. The first-order valence-corrected chi connectivity index (χ1v) is 16.9. The Balaban J connectivity index is 1.78. The number of H-pyrrole nitrogens is 1. The van der Waals surface area contributed by atoms with Crippen LogP contribution in [-0.4, -0.2) is 69.0 Å². The molecule has 12 heteroatoms. The molecule has 0 aliphatic carbocycles. The van der Waals surface area contributed by atoms with Gasteiger partial charge in [0, 0.05) is 29.4 Å². The molecule has 48 heavy (non-hydrogen) atoms. The summed E-state index contributed by atoms with van der Waals surface area (Å²) in [5.41, 5.74) is 2.57. The van der Waals surface area contributed by atoms with Crippen LogP contribution >= 0.6 is 15.9 Å². The minimum atomic E-state index is -1.54. The van der Waals surface area contributed by atoms with E-state index < -0.39 is 54.0 Å². The number of hydrogen-bond donors (Lipinski definition) is 5. The highest BCUT2D eigenvalue weighted by Gasteiger charge is 2.39. The van der Waals surface area contributed by atoms with E-state index in [1.165, 1.54) is 26.1 Å². The Morgan fingerprint density at radius 1 is 0.938 bits per heavy atom. The average Bonchev–Trinajstić information content (AvgIpc) is 3.35. The first-order valence-electron chi connectivity index (χ1n) is 16.1. The van der Waals surface area contributed by atoms with Crippen molar-refractivity contribution in [1.29, 1.82) is 0 Å². The predicted octanol–water partition coefficient (Wildman–Crippen LogP) is 5.19. The van der Waals surface area contributed by atoms with Crippen LogP contribution < -0.4 is 10.6 Å². The Labute approximate surface area is 289 Å². The third-order valence-electron chi connectivity index (χ3n) is 8.72. The summed E-state index contributed by atoms with van der Waals surface area (Å²) in [6, 6.07) is 9.83. The zero-order valence-electron chi connectivity index (χ0n) is 28.1. The number of hydrogen-bond acceptors (Lipinski definition) is 7. The predicted molar refractivity (Wildman–Crippen MR) is 186 cm³/mol. The number of cyclic esters (lactones) is 1. The van der Waals surface area contributed by atoms with E-state index in [1.807, 2.05) is 26.0 Å². The molecule has 1 aromatic heterocycles. The molecule has 1 aliphatic rings. The number of likely N-dealkylation sites (N-methyl/N-ethyl adjacent to an activating group) is 1. The van der Waals surface area contributed by atoms with Crippen LogP contribution in [0.3, 0.4) is 0 Å². The molecule has 0 saturated heterocycles. The van der Waals surface area contributed by atoms with Gasteiger partial charge in [-0.05, 0) is 79.2 Å². The number of carbonyl (C=O) groups excluding carboxylic acids is 4. The number of aliphatic hydroxyl groups is 1. The third kappa shape index (κ3) is 8.84. The summed E-state index contributed by atoms with van der Waals surface area (Å²) in [4.78, 5) is 59.0. The number of benzene rings is 2. The molecule has 258 valence electrons. The highest BCUT2D eigenvalue weighted by molar-refractivity contribution is 9.10. The molecule has 3 aromatic rings. The first-order chi connectivity index (χ1) is 22.7. The third-order valence-corrected chi connectivity index (χ3v) is 9.34. The van der Waals surface area contributed by atoms with Gasteiger partial charge in [0.15, 0.2) is 0 Å². The molecule has 2 aromatic carbocycles. The van der Waals surface area contributed by atoms with Crippen LogP contribution in [0.5, 0.6) is 5.75 Å². The number of aromatic hydroxyl groups is 1. The zero-order valence-corrected chi connectivity index (χ0v) is 29.7. The van der Waals surface area contributed by atoms with Crippen molar-refractivity contribution in [2.45, 2.75) is 84.2 Å². The smallest absolute Gasteiger partial charge is 0.308 e. The van der Waals surface area contributed by atoms with Crippen molar-refractivity contribution in [2.75, 3.05) is 7.05 Å². The molecular formula is C36H45BrN4O7. The summed E-state index contributed by atoms with van der Waals surface area (Å²) in [5.74, 6) is -2.60. The Bertz CT molecular complexity index is 1670. The number of rotatable bonds is 3. The molecule has 5 N–H and O–H groups in total. The van der Waals surface area contributed by atoms with Gasteiger partial charge in [-0.1, -0.05) is 55.8 Å². The van der Waals surface area contributed by atoms with E-state index in [0.717, 1.165) is 10.5 Å². The van der Waals surface area contributed by atoms with E-state index in [9.17, 15) is 29.4 Å². The molecule has 4 rings (SSSR count). The number of ether oxygens (including phenoxy) is 1. The maximum Gasteiger partial charge on any atom is 0.308 e. The van der Waals surface area contributed by atoms with Gasteiger partial charge >= 0.3 is 5.97 Å². The van der Waals surface area contributed by atoms with Crippen molar-refractivity contribution in [1.82, 2.24) is 20.5 Å². The van der Waals surface area contributed by atoms with Crippen LogP contribution in [-0.2, 0) is 23.9 Å². The van der Waals surface area contributed by atoms with Crippen LogP contribution in [0.2, 0.25) is 0 Å². The van der Waals surface area contributed by atoms with Crippen LogP contribution in [0.1, 0.15) is 77.2 Å². The van der Waals surface area contributed by atoms with E-state index >= 15 is 0 Å². The Kier molecular flexibility index (Phi) is 12.1. The second-order valence-electron chi connectivity index (χ2n) is 13.0. The number of amides is 3. The van der Waals surface area contributed by atoms with Crippen LogP contribution in [0.4, 0.5) is 0 Å². The summed E-state index contributed by atoms with van der Waals surface area (Å²) in [6.07, 6.45) is 0.846. The number of nitrogens with zero attached hydrogens (tertiary/aromatic N) is 1. The fourth-order valence-corrected chi connectivity index (χ4v) is 7.05. The fraction of sp³-hybridized carbons (Fsp3) is 0.444. The van der Waals surface area contributed by atoms with E-state index in [0.29, 0.717) is 39.5 Å². The SMILES string of the molecule is C/C1=C\[C@H](C)C[C@H](C)OC(=O)C[C@H](c2ccc(O)cc2)NC(=O)[C@@H](C(O)c2c(Br)[nH]c3ccccc23)N(C)C(=O)[C@H](C)NC(=O)[C@@H](C)C1. The number of allylic oxidation sites excluding steroid dienone is 2. The molecule has 1 unspecified atom stereocenters. The summed E-state index contributed by atoms with van der Waals surface area (Å²) >= 11 is 3.48. The molecule has 1 aliphatic heterocycles. The summed E-state index contributed by atoms with van der Waals surface area (Å²) in [7, 11) is 1.40. The van der Waals surface area contributed by atoms with Crippen molar-refractivity contribution in [2.24, 2.45) is 11.8 Å². The van der Waals surface area contributed by atoms with Gasteiger partial charge in [0.2, 0.25) is 17.7 Å². The number of halogens is 1. The van der Waals surface area contributed by atoms with Gasteiger partial charge in [0.1, 0.15) is 23.9 Å². The number of phenols is 1. The lowest BCUT2D eigenvalue weighted by Crippen LogP contribution is -2.56. The largest absolute Gasteiger partial charge is 0.508 e. The van der Waals surface area contributed by atoms with E-state index in [-0.39, 0.29) is 24.0 Å². The molecule has 11 nitrogen and oxygen atoms in total. The van der Waals surface area contributed by atoms with Crippen LogP contribution in [0.25, 0.3) is 10.9 Å². The fourth-order valence-electron chi connectivity index (χ4n) is 6.39.